The molecule has 0 aliphatic rings. The van der Waals surface area contributed by atoms with Crippen molar-refractivity contribution in [3.05, 3.63) is 72.1 Å². The number of aliphatic hydroxyl groups excluding tert-OH is 1. The van der Waals surface area contributed by atoms with Crippen molar-refractivity contribution in [2.75, 3.05) is 12.4 Å². The summed E-state index contributed by atoms with van der Waals surface area (Å²) < 4.78 is 6.44. The summed E-state index contributed by atoms with van der Waals surface area (Å²) in [5, 5.41) is 24.4. The Morgan fingerprint density at radius 3 is 2.65 bits per heavy atom. The minimum atomic E-state index is -0.647. The van der Waals surface area contributed by atoms with Gasteiger partial charge in [0, 0.05) is 17.9 Å². The van der Waals surface area contributed by atoms with Crippen LogP contribution in [0.1, 0.15) is 0 Å². The third-order valence-electron chi connectivity index (χ3n) is 3.38. The molecule has 118 valence electrons. The minimum Gasteiger partial charge on any atom is -0.618 e. The molecule has 4 nitrogen and oxygen atoms in total. The second-order valence-electron chi connectivity index (χ2n) is 5.15. The Hall–Kier alpha value is -2.24. The maximum absolute atomic E-state index is 11.5. The number of aromatic nitrogens is 1. The van der Waals surface area contributed by atoms with Gasteiger partial charge in [0.15, 0.2) is 6.20 Å². The van der Waals surface area contributed by atoms with Gasteiger partial charge in [-0.1, -0.05) is 42.1 Å². The largest absolute Gasteiger partial charge is 0.618 e. The number of aliphatic hydroxyl groups is 1. The van der Waals surface area contributed by atoms with Crippen molar-refractivity contribution in [2.24, 2.45) is 0 Å². The molecule has 1 heterocycles. The lowest BCUT2D eigenvalue weighted by molar-refractivity contribution is -0.645. The first-order chi connectivity index (χ1) is 11.2. The number of ether oxygens (including phenoxy) is 1. The summed E-state index contributed by atoms with van der Waals surface area (Å²) in [6, 6.07) is 19.1. The predicted octanol–water partition coefficient (Wildman–Crippen LogP) is 3.01. The highest BCUT2D eigenvalue weighted by Crippen LogP contribution is 2.21. The van der Waals surface area contributed by atoms with Gasteiger partial charge in [-0.15, -0.1) is 0 Å². The number of rotatable bonds is 6. The van der Waals surface area contributed by atoms with Gasteiger partial charge < -0.3 is 15.1 Å². The van der Waals surface area contributed by atoms with Crippen LogP contribution < -0.4 is 9.47 Å². The average molecular weight is 327 g/mol. The van der Waals surface area contributed by atoms with Crippen LogP contribution in [0, 0.1) is 5.21 Å². The Balaban J connectivity index is 1.53. The van der Waals surface area contributed by atoms with Gasteiger partial charge in [0.05, 0.1) is 6.10 Å². The van der Waals surface area contributed by atoms with Gasteiger partial charge in [-0.2, -0.15) is 4.73 Å². The van der Waals surface area contributed by atoms with E-state index in [-0.39, 0.29) is 6.61 Å². The molecule has 1 atom stereocenters. The van der Waals surface area contributed by atoms with Crippen LogP contribution in [0.3, 0.4) is 0 Å². The van der Waals surface area contributed by atoms with E-state index in [0.717, 1.165) is 21.3 Å². The van der Waals surface area contributed by atoms with E-state index in [1.165, 1.54) is 18.0 Å². The molecule has 0 bridgehead atoms. The Kier molecular flexibility index (Phi) is 5.00. The summed E-state index contributed by atoms with van der Waals surface area (Å²) in [4.78, 5) is 0. The summed E-state index contributed by atoms with van der Waals surface area (Å²) in [7, 11) is 0. The van der Waals surface area contributed by atoms with Crippen molar-refractivity contribution in [1.29, 1.82) is 0 Å². The molecule has 0 saturated carbocycles. The van der Waals surface area contributed by atoms with E-state index in [1.807, 2.05) is 42.5 Å². The maximum Gasteiger partial charge on any atom is 0.251 e. The normalized spacial score (nSPS) is 12.2. The molecule has 1 aromatic heterocycles. The van der Waals surface area contributed by atoms with Crippen molar-refractivity contribution < 1.29 is 14.6 Å². The number of pyridine rings is 1. The predicted molar refractivity (Wildman–Crippen MR) is 91.6 cm³/mol. The molecule has 1 unspecified atom stereocenters. The molecule has 2 aromatic carbocycles. The maximum atomic E-state index is 11.5. The van der Waals surface area contributed by atoms with Crippen molar-refractivity contribution >= 4 is 22.5 Å². The van der Waals surface area contributed by atoms with E-state index in [1.54, 1.807) is 18.2 Å². The number of benzene rings is 2. The Morgan fingerprint density at radius 1 is 1.04 bits per heavy atom. The van der Waals surface area contributed by atoms with Gasteiger partial charge in [0.1, 0.15) is 12.4 Å². The standard InChI is InChI=1S/C18H17NO3S/c20-16(13-23-18-7-3-4-10-19(18)21)12-22-17-9-8-14-5-1-2-6-15(14)11-17/h1-11,16,20H,12-13H2. The van der Waals surface area contributed by atoms with E-state index >= 15 is 0 Å². The van der Waals surface area contributed by atoms with Crippen molar-refractivity contribution in [3.8, 4) is 5.75 Å². The van der Waals surface area contributed by atoms with Crippen LogP contribution in [0.5, 0.6) is 5.75 Å². The van der Waals surface area contributed by atoms with Crippen LogP contribution in [0.2, 0.25) is 0 Å². The van der Waals surface area contributed by atoms with E-state index in [0.29, 0.717) is 10.8 Å². The highest BCUT2D eigenvalue weighted by Gasteiger charge is 2.11. The SMILES string of the molecule is [O-][n+]1ccccc1SCC(O)COc1ccc2ccccc2c1. The molecule has 0 aliphatic heterocycles. The molecule has 0 fully saturated rings. The third kappa shape index (κ3) is 4.15. The molecule has 0 amide bonds. The fourth-order valence-corrected chi connectivity index (χ4v) is 3.03. The lowest BCUT2D eigenvalue weighted by Crippen LogP contribution is -2.29. The van der Waals surface area contributed by atoms with E-state index < -0.39 is 6.10 Å². The van der Waals surface area contributed by atoms with E-state index in [2.05, 4.69) is 0 Å². The van der Waals surface area contributed by atoms with Crippen LogP contribution in [-0.2, 0) is 0 Å². The molecule has 0 radical (unpaired) electrons. The lowest BCUT2D eigenvalue weighted by Gasteiger charge is -2.12. The summed E-state index contributed by atoms with van der Waals surface area (Å²) in [6.07, 6.45) is 0.798. The first-order valence-electron chi connectivity index (χ1n) is 7.33. The highest BCUT2D eigenvalue weighted by molar-refractivity contribution is 7.99. The quantitative estimate of drug-likeness (QED) is 0.429. The van der Waals surface area contributed by atoms with Crippen LogP contribution in [0.15, 0.2) is 71.9 Å². The van der Waals surface area contributed by atoms with Gasteiger partial charge in [0.25, 0.3) is 5.03 Å². The van der Waals surface area contributed by atoms with Crippen LogP contribution in [-0.4, -0.2) is 23.6 Å². The van der Waals surface area contributed by atoms with Crippen molar-refractivity contribution in [2.45, 2.75) is 11.1 Å². The van der Waals surface area contributed by atoms with Gasteiger partial charge in [0.2, 0.25) is 0 Å². The fourth-order valence-electron chi connectivity index (χ4n) is 2.20. The second kappa shape index (κ2) is 7.35. The Morgan fingerprint density at radius 2 is 1.83 bits per heavy atom. The highest BCUT2D eigenvalue weighted by atomic mass is 32.2. The second-order valence-corrected chi connectivity index (χ2v) is 6.19. The van der Waals surface area contributed by atoms with E-state index in [4.69, 9.17) is 4.74 Å². The third-order valence-corrected chi connectivity index (χ3v) is 4.54. The molecule has 3 rings (SSSR count). The number of nitrogens with zero attached hydrogens (tertiary/aromatic N) is 1. The zero-order chi connectivity index (χ0) is 16.1. The summed E-state index contributed by atoms with van der Waals surface area (Å²) in [6.45, 7) is 0.191. The molecular weight excluding hydrogens is 310 g/mol. The summed E-state index contributed by atoms with van der Waals surface area (Å²) in [5.41, 5.74) is 0. The number of fused-ring (bicyclic) bond motifs is 1. The smallest absolute Gasteiger partial charge is 0.251 e. The van der Waals surface area contributed by atoms with Gasteiger partial charge in [-0.3, -0.25) is 0 Å². The van der Waals surface area contributed by atoms with Crippen molar-refractivity contribution in [3.63, 3.8) is 0 Å². The molecule has 0 aliphatic carbocycles. The first-order valence-corrected chi connectivity index (χ1v) is 8.31. The Bertz CT molecular complexity index is 794. The minimum absolute atomic E-state index is 0.191. The molecule has 5 heteroatoms. The lowest BCUT2D eigenvalue weighted by atomic mass is 10.1. The van der Waals surface area contributed by atoms with Crippen molar-refractivity contribution in [1.82, 2.24) is 0 Å². The Labute approximate surface area is 138 Å². The summed E-state index contributed by atoms with van der Waals surface area (Å²) in [5.74, 6) is 1.13. The molecular formula is C18H17NO3S. The van der Waals surface area contributed by atoms with Gasteiger partial charge in [-0.05, 0) is 29.0 Å². The van der Waals surface area contributed by atoms with Gasteiger partial charge >= 0.3 is 0 Å². The van der Waals surface area contributed by atoms with Crippen LogP contribution in [0.4, 0.5) is 0 Å². The number of hydrogen-bond donors (Lipinski definition) is 1. The molecule has 1 N–H and O–H groups in total. The zero-order valence-corrected chi connectivity index (χ0v) is 13.3. The molecule has 23 heavy (non-hydrogen) atoms. The number of thioether (sulfide) groups is 1. The summed E-state index contributed by atoms with van der Waals surface area (Å²) >= 11 is 1.31. The van der Waals surface area contributed by atoms with E-state index in [9.17, 15) is 10.3 Å². The zero-order valence-electron chi connectivity index (χ0n) is 12.5. The topological polar surface area (TPSA) is 56.4 Å². The first kappa shape index (κ1) is 15.6. The van der Waals surface area contributed by atoms with Crippen LogP contribution in [0.25, 0.3) is 10.8 Å². The molecule has 0 spiro atoms. The molecule has 3 aromatic rings. The fraction of sp³-hybridized carbons (Fsp3) is 0.167. The number of hydrogen-bond acceptors (Lipinski definition) is 4. The average Bonchev–Trinajstić information content (AvgIpc) is 2.59. The molecule has 0 saturated heterocycles. The monoisotopic (exact) mass is 327 g/mol. The van der Waals surface area contributed by atoms with Gasteiger partial charge in [-0.25, -0.2) is 0 Å². The van der Waals surface area contributed by atoms with Crippen LogP contribution >= 0.6 is 11.8 Å².